The van der Waals surface area contributed by atoms with Gasteiger partial charge in [-0.05, 0) is 36.6 Å². The van der Waals surface area contributed by atoms with E-state index >= 15 is 0 Å². The maximum Gasteiger partial charge on any atom is 0.323 e. The van der Waals surface area contributed by atoms with Gasteiger partial charge in [0.05, 0.1) is 0 Å². The van der Waals surface area contributed by atoms with Gasteiger partial charge in [-0.15, -0.1) is 0 Å². The van der Waals surface area contributed by atoms with Crippen molar-refractivity contribution in [3.8, 4) is 11.1 Å². The number of nitrogens with one attached hydrogen (secondary N) is 1. The molecule has 0 saturated carbocycles. The standard InChI is InChI=1S/C26H24N2O3/c1-18-12-13-22-21(16-18)24(20-10-6-3-7-11-20)25(27-22)26(31)28(17-23(29)30)15-14-19-8-4-2-5-9-19/h2-13,16,27H,14-15,17H2,1H3,(H,29,30). The van der Waals surface area contributed by atoms with Crippen LogP contribution in [-0.2, 0) is 11.2 Å². The van der Waals surface area contributed by atoms with Gasteiger partial charge in [-0.25, -0.2) is 0 Å². The lowest BCUT2D eigenvalue weighted by atomic mass is 10.00. The fourth-order valence-electron chi connectivity index (χ4n) is 3.85. The number of nitrogens with zero attached hydrogens (tertiary/aromatic N) is 1. The first-order valence-electron chi connectivity index (χ1n) is 10.3. The number of aryl methyl sites for hydroxylation is 1. The van der Waals surface area contributed by atoms with Crippen LogP contribution >= 0.6 is 0 Å². The molecule has 0 fully saturated rings. The lowest BCUT2D eigenvalue weighted by molar-refractivity contribution is -0.137. The van der Waals surface area contributed by atoms with Gasteiger partial charge in [-0.3, -0.25) is 9.59 Å². The van der Waals surface area contributed by atoms with Gasteiger partial charge in [0.1, 0.15) is 12.2 Å². The van der Waals surface area contributed by atoms with Crippen molar-refractivity contribution in [2.24, 2.45) is 0 Å². The Bertz CT molecular complexity index is 1210. The highest BCUT2D eigenvalue weighted by molar-refractivity contribution is 6.10. The zero-order chi connectivity index (χ0) is 21.8. The van der Waals surface area contributed by atoms with Gasteiger partial charge in [-0.1, -0.05) is 72.3 Å². The molecule has 5 nitrogen and oxygen atoms in total. The molecule has 0 aliphatic rings. The second-order valence-electron chi connectivity index (χ2n) is 7.65. The van der Waals surface area contributed by atoms with Crippen LogP contribution < -0.4 is 0 Å². The smallest absolute Gasteiger partial charge is 0.323 e. The third-order valence-electron chi connectivity index (χ3n) is 5.36. The molecule has 0 atom stereocenters. The Kier molecular flexibility index (Phi) is 5.85. The van der Waals surface area contributed by atoms with Crippen LogP contribution in [-0.4, -0.2) is 40.0 Å². The predicted octanol–water partition coefficient (Wildman–Crippen LogP) is 4.91. The second-order valence-corrected chi connectivity index (χ2v) is 7.65. The van der Waals surface area contributed by atoms with E-state index in [0.29, 0.717) is 18.7 Å². The SMILES string of the molecule is Cc1ccc2[nH]c(C(=O)N(CCc3ccccc3)CC(=O)O)c(-c3ccccc3)c2c1. The average Bonchev–Trinajstić information content (AvgIpc) is 3.15. The molecule has 1 aromatic heterocycles. The molecule has 1 amide bonds. The van der Waals surface area contributed by atoms with Gasteiger partial charge in [0, 0.05) is 23.0 Å². The minimum absolute atomic E-state index is 0.314. The van der Waals surface area contributed by atoms with E-state index in [1.165, 1.54) is 4.90 Å². The molecule has 0 radical (unpaired) electrons. The maximum absolute atomic E-state index is 13.6. The monoisotopic (exact) mass is 412 g/mol. The van der Waals surface area contributed by atoms with Crippen LogP contribution in [0.1, 0.15) is 21.6 Å². The molecular weight excluding hydrogens is 388 g/mol. The number of carbonyl (C=O) groups excluding carboxylic acids is 1. The van der Waals surface area contributed by atoms with Gasteiger partial charge in [0.15, 0.2) is 0 Å². The Labute approximate surface area is 181 Å². The van der Waals surface area contributed by atoms with E-state index in [1.807, 2.05) is 79.7 Å². The van der Waals surface area contributed by atoms with E-state index in [9.17, 15) is 14.7 Å². The Balaban J connectivity index is 1.75. The second kappa shape index (κ2) is 8.88. The minimum atomic E-state index is -1.03. The number of carboxylic acids is 1. The highest BCUT2D eigenvalue weighted by Gasteiger charge is 2.25. The first-order valence-corrected chi connectivity index (χ1v) is 10.3. The molecule has 2 N–H and O–H groups in total. The Hall–Kier alpha value is -3.86. The fourth-order valence-corrected chi connectivity index (χ4v) is 3.85. The van der Waals surface area contributed by atoms with Gasteiger partial charge in [-0.2, -0.15) is 0 Å². The molecule has 1 heterocycles. The Morgan fingerprint density at radius 2 is 1.61 bits per heavy atom. The number of benzene rings is 3. The highest BCUT2D eigenvalue weighted by atomic mass is 16.4. The number of rotatable bonds is 7. The average molecular weight is 412 g/mol. The van der Waals surface area contributed by atoms with E-state index in [0.717, 1.165) is 33.2 Å². The number of carboxylic acid groups (broad SMARTS) is 1. The summed E-state index contributed by atoms with van der Waals surface area (Å²) in [6, 6.07) is 25.5. The predicted molar refractivity (Wildman–Crippen MR) is 122 cm³/mol. The number of H-pyrrole nitrogens is 1. The number of fused-ring (bicyclic) bond motifs is 1. The zero-order valence-electron chi connectivity index (χ0n) is 17.3. The van der Waals surface area contributed by atoms with Crippen LogP contribution in [0.4, 0.5) is 0 Å². The summed E-state index contributed by atoms with van der Waals surface area (Å²) in [6.07, 6.45) is 0.583. The minimum Gasteiger partial charge on any atom is -0.480 e. The van der Waals surface area contributed by atoms with Gasteiger partial charge >= 0.3 is 5.97 Å². The Morgan fingerprint density at radius 3 is 2.29 bits per heavy atom. The van der Waals surface area contributed by atoms with Crippen molar-refractivity contribution in [1.82, 2.24) is 9.88 Å². The van der Waals surface area contributed by atoms with Crippen LogP contribution in [0.2, 0.25) is 0 Å². The highest BCUT2D eigenvalue weighted by Crippen LogP contribution is 2.33. The quantitative estimate of drug-likeness (QED) is 0.453. The van der Waals surface area contributed by atoms with Gasteiger partial charge < -0.3 is 15.0 Å². The Morgan fingerprint density at radius 1 is 0.935 bits per heavy atom. The molecule has 0 spiro atoms. The summed E-state index contributed by atoms with van der Waals surface area (Å²) in [4.78, 5) is 29.8. The molecule has 0 aliphatic heterocycles. The van der Waals surface area contributed by atoms with Gasteiger partial charge in [0.2, 0.25) is 0 Å². The third-order valence-corrected chi connectivity index (χ3v) is 5.36. The summed E-state index contributed by atoms with van der Waals surface area (Å²) >= 11 is 0. The number of hydrogen-bond acceptors (Lipinski definition) is 2. The van der Waals surface area contributed by atoms with E-state index in [4.69, 9.17) is 0 Å². The first-order chi connectivity index (χ1) is 15.0. The molecule has 3 aromatic carbocycles. The molecule has 0 saturated heterocycles. The number of aromatic amines is 1. The van der Waals surface area contributed by atoms with Crippen molar-refractivity contribution >= 4 is 22.8 Å². The summed E-state index contributed by atoms with van der Waals surface area (Å²) in [7, 11) is 0. The van der Waals surface area contributed by atoms with E-state index < -0.39 is 5.97 Å². The molecule has 0 bridgehead atoms. The molecule has 0 unspecified atom stereocenters. The van der Waals surface area contributed by atoms with Crippen LogP contribution in [0.5, 0.6) is 0 Å². The molecule has 5 heteroatoms. The third kappa shape index (κ3) is 4.51. The largest absolute Gasteiger partial charge is 0.480 e. The molecule has 31 heavy (non-hydrogen) atoms. The number of carbonyl (C=O) groups is 2. The molecule has 156 valence electrons. The summed E-state index contributed by atoms with van der Waals surface area (Å²) in [5.74, 6) is -1.35. The van der Waals surface area contributed by atoms with Crippen molar-refractivity contribution in [2.45, 2.75) is 13.3 Å². The van der Waals surface area contributed by atoms with E-state index in [1.54, 1.807) is 0 Å². The van der Waals surface area contributed by atoms with Crippen molar-refractivity contribution < 1.29 is 14.7 Å². The van der Waals surface area contributed by atoms with Crippen LogP contribution in [0.25, 0.3) is 22.0 Å². The summed E-state index contributed by atoms with van der Waals surface area (Å²) in [5, 5.41) is 10.4. The number of aliphatic carboxylic acids is 1. The summed E-state index contributed by atoms with van der Waals surface area (Å²) in [6.45, 7) is 1.98. The topological polar surface area (TPSA) is 73.4 Å². The van der Waals surface area contributed by atoms with Crippen LogP contribution in [0.15, 0.2) is 78.9 Å². The lowest BCUT2D eigenvalue weighted by Gasteiger charge is -2.21. The number of amides is 1. The van der Waals surface area contributed by atoms with Crippen LogP contribution in [0.3, 0.4) is 0 Å². The van der Waals surface area contributed by atoms with Crippen molar-refractivity contribution in [1.29, 1.82) is 0 Å². The summed E-state index contributed by atoms with van der Waals surface area (Å²) < 4.78 is 0. The van der Waals surface area contributed by atoms with Crippen LogP contribution in [0, 0.1) is 6.92 Å². The van der Waals surface area contributed by atoms with Crippen molar-refractivity contribution in [3.63, 3.8) is 0 Å². The normalized spacial score (nSPS) is 10.9. The molecule has 4 aromatic rings. The summed E-state index contributed by atoms with van der Waals surface area (Å²) in [5.41, 5.74) is 5.14. The fraction of sp³-hybridized carbons (Fsp3) is 0.154. The molecular formula is C26H24N2O3. The van der Waals surface area contributed by atoms with Crippen molar-refractivity contribution in [2.75, 3.05) is 13.1 Å². The van der Waals surface area contributed by atoms with E-state index in [2.05, 4.69) is 11.1 Å². The van der Waals surface area contributed by atoms with Crippen molar-refractivity contribution in [3.05, 3.63) is 95.7 Å². The number of hydrogen-bond donors (Lipinski definition) is 2. The molecule has 0 aliphatic carbocycles. The lowest BCUT2D eigenvalue weighted by Crippen LogP contribution is -2.37. The zero-order valence-corrected chi connectivity index (χ0v) is 17.3. The maximum atomic E-state index is 13.6. The number of aromatic nitrogens is 1. The molecule has 4 rings (SSSR count). The van der Waals surface area contributed by atoms with E-state index in [-0.39, 0.29) is 12.5 Å². The first kappa shape index (κ1) is 20.4. The van der Waals surface area contributed by atoms with Gasteiger partial charge in [0.25, 0.3) is 5.91 Å².